The van der Waals surface area contributed by atoms with E-state index < -0.39 is 5.97 Å². The summed E-state index contributed by atoms with van der Waals surface area (Å²) in [7, 11) is 1.60. The molecule has 8 heteroatoms. The quantitative estimate of drug-likeness (QED) is 0.599. The molecule has 0 amide bonds. The summed E-state index contributed by atoms with van der Waals surface area (Å²) in [5, 5.41) is 16.9. The highest BCUT2D eigenvalue weighted by molar-refractivity contribution is 7.99. The fraction of sp³-hybridized carbons (Fsp3) is 0.250. The Balaban J connectivity index is 2.11. The van der Waals surface area contributed by atoms with Crippen molar-refractivity contribution in [3.63, 3.8) is 0 Å². The molecule has 0 saturated heterocycles. The van der Waals surface area contributed by atoms with Crippen molar-refractivity contribution >= 4 is 17.7 Å². The van der Waals surface area contributed by atoms with Gasteiger partial charge in [0, 0.05) is 6.42 Å². The van der Waals surface area contributed by atoms with Crippen LogP contribution < -0.4 is 10.6 Å². The molecule has 0 aliphatic heterocycles. The van der Waals surface area contributed by atoms with Crippen molar-refractivity contribution < 1.29 is 14.6 Å². The Morgan fingerprint density at radius 1 is 1.50 bits per heavy atom. The number of thioether (sulfide) groups is 1. The Morgan fingerprint density at radius 3 is 3.00 bits per heavy atom. The van der Waals surface area contributed by atoms with Gasteiger partial charge in [-0.2, -0.15) is 0 Å². The first-order valence-corrected chi connectivity index (χ1v) is 6.75. The molecule has 1 heterocycles. The molecule has 2 rings (SSSR count). The monoisotopic (exact) mass is 294 g/mol. The summed E-state index contributed by atoms with van der Waals surface area (Å²) in [6.07, 6.45) is 0.494. The van der Waals surface area contributed by atoms with Crippen molar-refractivity contribution in [2.24, 2.45) is 0 Å². The van der Waals surface area contributed by atoms with Crippen molar-refractivity contribution in [1.82, 2.24) is 14.9 Å². The van der Waals surface area contributed by atoms with Crippen LogP contribution in [0.5, 0.6) is 5.75 Å². The van der Waals surface area contributed by atoms with Crippen molar-refractivity contribution in [1.29, 1.82) is 0 Å². The maximum atomic E-state index is 10.5. The van der Waals surface area contributed by atoms with Crippen LogP contribution in [0.15, 0.2) is 29.4 Å². The second-order valence-electron chi connectivity index (χ2n) is 3.98. The van der Waals surface area contributed by atoms with E-state index in [-0.39, 0.29) is 5.75 Å². The molecule has 1 aromatic heterocycles. The molecule has 0 bridgehead atoms. The number of aliphatic carboxylic acids is 1. The first kappa shape index (κ1) is 14.2. The minimum absolute atomic E-state index is 0.103. The fourth-order valence-corrected chi connectivity index (χ4v) is 2.21. The number of carboxylic acids is 1. The van der Waals surface area contributed by atoms with E-state index in [1.807, 2.05) is 24.3 Å². The maximum absolute atomic E-state index is 10.5. The predicted molar refractivity (Wildman–Crippen MR) is 74.3 cm³/mol. The van der Waals surface area contributed by atoms with Gasteiger partial charge < -0.3 is 15.7 Å². The first-order valence-electron chi connectivity index (χ1n) is 5.77. The third-order valence-electron chi connectivity index (χ3n) is 2.56. The predicted octanol–water partition coefficient (Wildman–Crippen LogP) is 0.768. The molecule has 0 saturated carbocycles. The van der Waals surface area contributed by atoms with Crippen molar-refractivity contribution in [3.05, 3.63) is 35.7 Å². The number of hydrogen-bond donors (Lipinski definition) is 2. The summed E-state index contributed by atoms with van der Waals surface area (Å²) < 4.78 is 6.46. The zero-order valence-corrected chi connectivity index (χ0v) is 11.6. The van der Waals surface area contributed by atoms with Crippen molar-refractivity contribution in [3.8, 4) is 5.75 Å². The highest BCUT2D eigenvalue weighted by Gasteiger charge is 2.12. The van der Waals surface area contributed by atoms with E-state index in [1.165, 1.54) is 4.68 Å². The molecule has 0 radical (unpaired) electrons. The average molecular weight is 294 g/mol. The number of hydrogen-bond acceptors (Lipinski definition) is 6. The lowest BCUT2D eigenvalue weighted by molar-refractivity contribution is -0.133. The summed E-state index contributed by atoms with van der Waals surface area (Å²) in [5.41, 5.74) is 0.984. The summed E-state index contributed by atoms with van der Waals surface area (Å²) in [4.78, 5) is 10.5. The molecule has 0 aliphatic carbocycles. The van der Waals surface area contributed by atoms with Gasteiger partial charge in [-0.05, 0) is 17.7 Å². The first-order chi connectivity index (χ1) is 9.60. The van der Waals surface area contributed by atoms with Crippen molar-refractivity contribution in [2.45, 2.75) is 11.6 Å². The van der Waals surface area contributed by atoms with Crippen LogP contribution in [0, 0.1) is 0 Å². The zero-order chi connectivity index (χ0) is 14.5. The number of benzene rings is 1. The Morgan fingerprint density at radius 2 is 2.30 bits per heavy atom. The van der Waals surface area contributed by atoms with Crippen LogP contribution in [0.2, 0.25) is 0 Å². The Kier molecular flexibility index (Phi) is 4.46. The number of nitrogen functional groups attached to an aromatic ring is 1. The van der Waals surface area contributed by atoms with Gasteiger partial charge in [-0.25, -0.2) is 4.68 Å². The summed E-state index contributed by atoms with van der Waals surface area (Å²) in [5.74, 6) is 6.15. The number of aromatic nitrogens is 3. The van der Waals surface area contributed by atoms with E-state index in [9.17, 15) is 4.79 Å². The molecule has 0 spiro atoms. The highest BCUT2D eigenvalue weighted by Crippen LogP contribution is 2.18. The highest BCUT2D eigenvalue weighted by atomic mass is 32.2. The molecule has 0 aliphatic rings. The maximum Gasteiger partial charge on any atom is 0.313 e. The minimum Gasteiger partial charge on any atom is -0.497 e. The lowest BCUT2D eigenvalue weighted by Gasteiger charge is -2.05. The lowest BCUT2D eigenvalue weighted by atomic mass is 10.1. The summed E-state index contributed by atoms with van der Waals surface area (Å²) in [6.45, 7) is 0. The minimum atomic E-state index is -0.924. The number of nitrogens with two attached hydrogens (primary N) is 1. The van der Waals surface area contributed by atoms with Gasteiger partial charge >= 0.3 is 5.97 Å². The zero-order valence-electron chi connectivity index (χ0n) is 10.8. The number of carbonyl (C=O) groups is 1. The van der Waals surface area contributed by atoms with Gasteiger partial charge in [-0.15, -0.1) is 10.2 Å². The Hall–Kier alpha value is -2.22. The van der Waals surface area contributed by atoms with Crippen LogP contribution in [-0.4, -0.2) is 38.8 Å². The van der Waals surface area contributed by atoms with Crippen LogP contribution in [0.4, 0.5) is 0 Å². The second-order valence-corrected chi connectivity index (χ2v) is 4.92. The molecule has 2 aromatic rings. The molecule has 0 unspecified atom stereocenters. The Bertz CT molecular complexity index is 614. The van der Waals surface area contributed by atoms with Gasteiger partial charge in [-0.1, -0.05) is 23.9 Å². The van der Waals surface area contributed by atoms with E-state index in [1.54, 1.807) is 7.11 Å². The van der Waals surface area contributed by atoms with E-state index in [0.717, 1.165) is 23.1 Å². The van der Waals surface area contributed by atoms with Gasteiger partial charge in [0.25, 0.3) is 0 Å². The topological polar surface area (TPSA) is 103 Å². The third-order valence-corrected chi connectivity index (χ3v) is 3.48. The molecule has 0 atom stereocenters. The van der Waals surface area contributed by atoms with Gasteiger partial charge in [0.05, 0.1) is 12.9 Å². The largest absolute Gasteiger partial charge is 0.497 e. The van der Waals surface area contributed by atoms with Crippen LogP contribution in [-0.2, 0) is 11.2 Å². The molecule has 7 nitrogen and oxygen atoms in total. The normalized spacial score (nSPS) is 10.4. The lowest BCUT2D eigenvalue weighted by Crippen LogP contribution is -2.15. The summed E-state index contributed by atoms with van der Waals surface area (Å²) in [6, 6.07) is 7.55. The van der Waals surface area contributed by atoms with Crippen LogP contribution in [0.3, 0.4) is 0 Å². The van der Waals surface area contributed by atoms with Gasteiger partial charge in [0.2, 0.25) is 5.16 Å². The Labute approximate surface area is 119 Å². The molecular weight excluding hydrogens is 280 g/mol. The van der Waals surface area contributed by atoms with Crippen molar-refractivity contribution in [2.75, 3.05) is 18.7 Å². The SMILES string of the molecule is COc1cccc(Cc2nnc(SCC(=O)O)n2N)c1. The number of rotatable bonds is 6. The summed E-state index contributed by atoms with van der Waals surface area (Å²) >= 11 is 1.03. The number of carboxylic acid groups (broad SMARTS) is 1. The number of ether oxygens (including phenoxy) is 1. The van der Waals surface area contributed by atoms with Crippen LogP contribution in [0.1, 0.15) is 11.4 Å². The van der Waals surface area contributed by atoms with Gasteiger partial charge in [-0.3, -0.25) is 4.79 Å². The van der Waals surface area contributed by atoms with E-state index in [2.05, 4.69) is 10.2 Å². The standard InChI is InChI=1S/C12H14N4O3S/c1-19-9-4-2-3-8(5-9)6-10-14-15-12(16(10)13)20-7-11(17)18/h2-5H,6-7,13H2,1H3,(H,17,18). The third kappa shape index (κ3) is 3.41. The molecule has 20 heavy (non-hydrogen) atoms. The number of methoxy groups -OCH3 is 1. The molecule has 0 fully saturated rings. The van der Waals surface area contributed by atoms with Crippen LogP contribution in [0.25, 0.3) is 0 Å². The molecule has 3 N–H and O–H groups in total. The second kappa shape index (κ2) is 6.29. The van der Waals surface area contributed by atoms with Crippen LogP contribution >= 0.6 is 11.8 Å². The molecule has 106 valence electrons. The molecule has 1 aromatic carbocycles. The van der Waals surface area contributed by atoms with E-state index in [4.69, 9.17) is 15.7 Å². The average Bonchev–Trinajstić information content (AvgIpc) is 2.78. The van der Waals surface area contributed by atoms with E-state index in [0.29, 0.717) is 17.4 Å². The molecular formula is C12H14N4O3S. The smallest absolute Gasteiger partial charge is 0.313 e. The van der Waals surface area contributed by atoms with E-state index >= 15 is 0 Å². The fourth-order valence-electron chi connectivity index (χ4n) is 1.62. The number of nitrogens with zero attached hydrogens (tertiary/aromatic N) is 3. The van der Waals surface area contributed by atoms with Gasteiger partial charge in [0.15, 0.2) is 5.82 Å². The van der Waals surface area contributed by atoms with Gasteiger partial charge in [0.1, 0.15) is 5.75 Å².